The predicted octanol–water partition coefficient (Wildman–Crippen LogP) is 2.57. The minimum absolute atomic E-state index is 0.402. The van der Waals surface area contributed by atoms with Gasteiger partial charge in [-0.15, -0.1) is 0 Å². The zero-order chi connectivity index (χ0) is 14.5. The number of aromatic nitrogens is 1. The van der Waals surface area contributed by atoms with E-state index in [0.29, 0.717) is 24.9 Å². The van der Waals surface area contributed by atoms with E-state index in [1.54, 1.807) is 6.07 Å². The lowest BCUT2D eigenvalue weighted by Crippen LogP contribution is -2.33. The van der Waals surface area contributed by atoms with Gasteiger partial charge in [0.2, 0.25) is 0 Å². The molecule has 0 saturated carbocycles. The number of aldehydes is 1. The van der Waals surface area contributed by atoms with Crippen LogP contribution in [0.5, 0.6) is 0 Å². The molecule has 0 fully saturated rings. The Morgan fingerprint density at radius 1 is 1.47 bits per heavy atom. The molecular formula is C13H17IN2O3. The molecule has 1 heterocycles. The molecule has 6 heteroatoms. The second-order valence-corrected chi connectivity index (χ2v) is 6.12. The van der Waals surface area contributed by atoms with Crippen molar-refractivity contribution in [3.05, 3.63) is 27.1 Å². The van der Waals surface area contributed by atoms with Gasteiger partial charge in [0.1, 0.15) is 15.0 Å². The van der Waals surface area contributed by atoms with Gasteiger partial charge in [-0.05, 0) is 67.5 Å². The van der Waals surface area contributed by atoms with Gasteiger partial charge >= 0.3 is 6.09 Å². The maximum Gasteiger partial charge on any atom is 0.407 e. The molecule has 1 aromatic heterocycles. The van der Waals surface area contributed by atoms with Gasteiger partial charge in [0.05, 0.1) is 0 Å². The summed E-state index contributed by atoms with van der Waals surface area (Å²) in [6.07, 6.45) is 0.901. The standard InChI is InChI=1S/C13H17IN2O3/c1-13(2,3)19-12(18)15-5-4-9-6-10(8-17)16-11(14)7-9/h6-8H,4-5H2,1-3H3,(H,15,18). The molecule has 0 radical (unpaired) electrons. The maximum atomic E-state index is 11.4. The monoisotopic (exact) mass is 376 g/mol. The van der Waals surface area contributed by atoms with Crippen molar-refractivity contribution in [3.63, 3.8) is 0 Å². The molecule has 0 aliphatic carbocycles. The van der Waals surface area contributed by atoms with Crippen LogP contribution in [-0.4, -0.2) is 29.5 Å². The van der Waals surface area contributed by atoms with E-state index in [9.17, 15) is 9.59 Å². The lowest BCUT2D eigenvalue weighted by atomic mass is 10.2. The molecule has 104 valence electrons. The molecule has 0 unspecified atom stereocenters. The fourth-order valence-corrected chi connectivity index (χ4v) is 2.08. The minimum atomic E-state index is -0.499. The molecule has 0 bridgehead atoms. The van der Waals surface area contributed by atoms with Gasteiger partial charge in [0, 0.05) is 6.54 Å². The predicted molar refractivity (Wildman–Crippen MR) is 80.3 cm³/mol. The Hall–Kier alpha value is -1.18. The summed E-state index contributed by atoms with van der Waals surface area (Å²) in [5, 5.41) is 2.67. The molecule has 1 amide bonds. The number of carbonyl (C=O) groups excluding carboxylic acids is 2. The van der Waals surface area contributed by atoms with Crippen LogP contribution in [-0.2, 0) is 11.2 Å². The Morgan fingerprint density at radius 2 is 2.16 bits per heavy atom. The molecule has 1 aromatic rings. The third kappa shape index (κ3) is 6.51. The molecule has 1 rings (SSSR count). The number of rotatable bonds is 4. The van der Waals surface area contributed by atoms with E-state index in [1.807, 2.05) is 26.8 Å². The Kier molecular flexibility index (Phi) is 5.71. The largest absolute Gasteiger partial charge is 0.444 e. The zero-order valence-corrected chi connectivity index (χ0v) is 13.4. The van der Waals surface area contributed by atoms with Crippen LogP contribution in [0.3, 0.4) is 0 Å². The van der Waals surface area contributed by atoms with Crippen molar-refractivity contribution in [2.45, 2.75) is 32.8 Å². The van der Waals surface area contributed by atoms with Crippen molar-refractivity contribution in [1.29, 1.82) is 0 Å². The van der Waals surface area contributed by atoms with Crippen molar-refractivity contribution in [1.82, 2.24) is 10.3 Å². The number of ether oxygens (including phenoxy) is 1. The number of halogens is 1. The topological polar surface area (TPSA) is 68.3 Å². The highest BCUT2D eigenvalue weighted by Crippen LogP contribution is 2.09. The summed E-state index contributed by atoms with van der Waals surface area (Å²) in [4.78, 5) is 26.2. The van der Waals surface area contributed by atoms with E-state index in [1.165, 1.54) is 0 Å². The highest BCUT2D eigenvalue weighted by Gasteiger charge is 2.15. The number of amides is 1. The van der Waals surface area contributed by atoms with Gasteiger partial charge in [-0.3, -0.25) is 4.79 Å². The summed E-state index contributed by atoms with van der Waals surface area (Å²) >= 11 is 2.06. The first-order chi connectivity index (χ1) is 8.80. The minimum Gasteiger partial charge on any atom is -0.444 e. The molecule has 0 aliphatic heterocycles. The van der Waals surface area contributed by atoms with E-state index >= 15 is 0 Å². The molecule has 0 saturated heterocycles. The fourth-order valence-electron chi connectivity index (χ4n) is 1.40. The molecule has 0 atom stereocenters. The first-order valence-corrected chi connectivity index (χ1v) is 6.96. The van der Waals surface area contributed by atoms with Gasteiger partial charge in [-0.1, -0.05) is 0 Å². The lowest BCUT2D eigenvalue weighted by Gasteiger charge is -2.19. The summed E-state index contributed by atoms with van der Waals surface area (Å²) < 4.78 is 5.88. The van der Waals surface area contributed by atoms with Crippen LogP contribution in [0.25, 0.3) is 0 Å². The summed E-state index contributed by atoms with van der Waals surface area (Å²) in [5.41, 5.74) is 0.859. The average molecular weight is 376 g/mol. The van der Waals surface area contributed by atoms with Crippen LogP contribution in [0.4, 0.5) is 4.79 Å². The number of pyridine rings is 1. The van der Waals surface area contributed by atoms with E-state index in [2.05, 4.69) is 32.9 Å². The quantitative estimate of drug-likeness (QED) is 0.498. The highest BCUT2D eigenvalue weighted by atomic mass is 127. The second kappa shape index (κ2) is 6.83. The van der Waals surface area contributed by atoms with Crippen molar-refractivity contribution in [2.75, 3.05) is 6.54 Å². The van der Waals surface area contributed by atoms with Gasteiger partial charge in [0.25, 0.3) is 0 Å². The maximum absolute atomic E-state index is 11.4. The van der Waals surface area contributed by atoms with E-state index in [4.69, 9.17) is 4.74 Å². The summed E-state index contributed by atoms with van der Waals surface area (Å²) in [6, 6.07) is 3.59. The Bertz CT molecular complexity index is 469. The number of hydrogen-bond donors (Lipinski definition) is 1. The van der Waals surface area contributed by atoms with Crippen molar-refractivity contribution >= 4 is 35.0 Å². The molecule has 0 aliphatic rings. The van der Waals surface area contributed by atoms with Crippen LogP contribution in [0.1, 0.15) is 36.8 Å². The Labute approximate surface area is 126 Å². The van der Waals surface area contributed by atoms with E-state index < -0.39 is 11.7 Å². The van der Waals surface area contributed by atoms with Gasteiger partial charge in [-0.2, -0.15) is 0 Å². The average Bonchev–Trinajstić information content (AvgIpc) is 2.25. The second-order valence-electron chi connectivity index (χ2n) is 5.02. The molecule has 1 N–H and O–H groups in total. The number of hydrogen-bond acceptors (Lipinski definition) is 4. The first kappa shape index (κ1) is 15.9. The molecule has 5 nitrogen and oxygen atoms in total. The van der Waals surface area contributed by atoms with Crippen LogP contribution in [0, 0.1) is 3.70 Å². The molecule has 0 spiro atoms. The zero-order valence-electron chi connectivity index (χ0n) is 11.2. The van der Waals surface area contributed by atoms with Crippen LogP contribution in [0.2, 0.25) is 0 Å². The fraction of sp³-hybridized carbons (Fsp3) is 0.462. The smallest absolute Gasteiger partial charge is 0.407 e. The van der Waals surface area contributed by atoms with Crippen LogP contribution < -0.4 is 5.32 Å². The Morgan fingerprint density at radius 3 is 2.74 bits per heavy atom. The number of nitrogens with one attached hydrogen (secondary N) is 1. The summed E-state index contributed by atoms with van der Waals surface area (Å²) in [6.45, 7) is 5.89. The van der Waals surface area contributed by atoms with Gasteiger partial charge in [-0.25, -0.2) is 9.78 Å². The number of nitrogens with zero attached hydrogens (tertiary/aromatic N) is 1. The van der Waals surface area contributed by atoms with E-state index in [-0.39, 0.29) is 0 Å². The highest BCUT2D eigenvalue weighted by molar-refractivity contribution is 14.1. The number of carbonyl (C=O) groups is 2. The molecule has 19 heavy (non-hydrogen) atoms. The molecular weight excluding hydrogens is 359 g/mol. The third-order valence-corrected chi connectivity index (χ3v) is 2.63. The van der Waals surface area contributed by atoms with Crippen molar-refractivity contribution in [2.24, 2.45) is 0 Å². The van der Waals surface area contributed by atoms with E-state index in [0.717, 1.165) is 9.26 Å². The van der Waals surface area contributed by atoms with Gasteiger partial charge in [0.15, 0.2) is 6.29 Å². The number of alkyl carbamates (subject to hydrolysis) is 1. The van der Waals surface area contributed by atoms with Crippen LogP contribution >= 0.6 is 22.6 Å². The SMILES string of the molecule is CC(C)(C)OC(=O)NCCc1cc(I)nc(C=O)c1. The summed E-state index contributed by atoms with van der Waals surface area (Å²) in [5.74, 6) is 0. The summed E-state index contributed by atoms with van der Waals surface area (Å²) in [7, 11) is 0. The van der Waals surface area contributed by atoms with Crippen molar-refractivity contribution in [3.8, 4) is 0 Å². The first-order valence-electron chi connectivity index (χ1n) is 5.88. The van der Waals surface area contributed by atoms with Crippen LogP contribution in [0.15, 0.2) is 12.1 Å². The third-order valence-electron chi connectivity index (χ3n) is 2.08. The molecule has 0 aromatic carbocycles. The lowest BCUT2D eigenvalue weighted by molar-refractivity contribution is 0.0528. The normalized spacial score (nSPS) is 10.9. The van der Waals surface area contributed by atoms with Gasteiger partial charge < -0.3 is 10.1 Å². The Balaban J connectivity index is 2.47. The van der Waals surface area contributed by atoms with Crippen molar-refractivity contribution < 1.29 is 14.3 Å².